The van der Waals surface area contributed by atoms with Crippen LogP contribution in [0.25, 0.3) is 0 Å². The summed E-state index contributed by atoms with van der Waals surface area (Å²) in [5, 5.41) is 0. The predicted octanol–water partition coefficient (Wildman–Crippen LogP) is 3.31. The second kappa shape index (κ2) is 8.95. The van der Waals surface area contributed by atoms with E-state index in [0.29, 0.717) is 12.3 Å². The van der Waals surface area contributed by atoms with Gasteiger partial charge in [-0.3, -0.25) is 4.79 Å². The Morgan fingerprint density at radius 1 is 1.47 bits per heavy atom. The topological polar surface area (TPSA) is 46.3 Å². The molecule has 1 aromatic rings. The lowest BCUT2D eigenvalue weighted by Crippen LogP contribution is -2.35. The molecule has 6 heteroatoms. The normalized spacial score (nSPS) is 12.1. The van der Waals surface area contributed by atoms with Crippen LogP contribution in [0, 0.1) is 5.92 Å². The van der Waals surface area contributed by atoms with E-state index in [2.05, 4.69) is 29.8 Å². The molecule has 0 aromatic carbocycles. The van der Waals surface area contributed by atoms with Crippen LogP contribution in [0.2, 0.25) is 0 Å². The van der Waals surface area contributed by atoms with Crippen LogP contribution in [0.15, 0.2) is 15.9 Å². The number of hydrogen-bond acceptors (Lipinski definition) is 3. The van der Waals surface area contributed by atoms with Gasteiger partial charge in [0.15, 0.2) is 0 Å². The van der Waals surface area contributed by atoms with Gasteiger partial charge in [-0.15, -0.1) is 23.7 Å². The van der Waals surface area contributed by atoms with Crippen molar-refractivity contribution >= 4 is 45.6 Å². The van der Waals surface area contributed by atoms with E-state index in [1.54, 1.807) is 16.2 Å². The van der Waals surface area contributed by atoms with Gasteiger partial charge < -0.3 is 10.6 Å². The molecule has 2 N–H and O–H groups in total. The average molecular weight is 370 g/mol. The molecule has 1 amide bonds. The summed E-state index contributed by atoms with van der Waals surface area (Å²) in [5.41, 5.74) is 5.98. The molecule has 0 bridgehead atoms. The SMILES string of the molecule is CC(C)C(N)CCN(C)C(=O)Cc1ccc(Br)s1.Cl. The first-order valence-corrected chi connectivity index (χ1v) is 7.75. The van der Waals surface area contributed by atoms with Crippen molar-refractivity contribution in [3.8, 4) is 0 Å². The zero-order valence-electron chi connectivity index (χ0n) is 11.6. The van der Waals surface area contributed by atoms with Crippen LogP contribution in [-0.4, -0.2) is 30.4 Å². The molecule has 0 radical (unpaired) electrons. The van der Waals surface area contributed by atoms with Gasteiger partial charge in [0.2, 0.25) is 5.91 Å². The molecule has 1 aromatic heterocycles. The molecule has 19 heavy (non-hydrogen) atoms. The summed E-state index contributed by atoms with van der Waals surface area (Å²) in [5.74, 6) is 0.613. The van der Waals surface area contributed by atoms with Gasteiger partial charge in [-0.2, -0.15) is 0 Å². The van der Waals surface area contributed by atoms with Crippen molar-refractivity contribution in [1.82, 2.24) is 4.90 Å². The van der Waals surface area contributed by atoms with Gasteiger partial charge in [-0.05, 0) is 40.4 Å². The summed E-state index contributed by atoms with van der Waals surface area (Å²) in [4.78, 5) is 14.8. The van der Waals surface area contributed by atoms with Crippen LogP contribution in [0.1, 0.15) is 25.1 Å². The van der Waals surface area contributed by atoms with Gasteiger partial charge in [0.05, 0.1) is 10.2 Å². The Morgan fingerprint density at radius 3 is 2.58 bits per heavy atom. The van der Waals surface area contributed by atoms with Gasteiger partial charge in [0.1, 0.15) is 0 Å². The van der Waals surface area contributed by atoms with E-state index in [9.17, 15) is 4.79 Å². The zero-order chi connectivity index (χ0) is 13.7. The van der Waals surface area contributed by atoms with E-state index >= 15 is 0 Å². The second-order valence-corrected chi connectivity index (χ2v) is 7.44. The fourth-order valence-corrected chi connectivity index (χ4v) is 3.01. The van der Waals surface area contributed by atoms with E-state index in [4.69, 9.17) is 5.73 Å². The number of likely N-dealkylation sites (N-methyl/N-ethyl adjacent to an activating group) is 1. The monoisotopic (exact) mass is 368 g/mol. The van der Waals surface area contributed by atoms with E-state index in [0.717, 1.165) is 21.6 Å². The molecule has 1 heterocycles. The van der Waals surface area contributed by atoms with Crippen molar-refractivity contribution in [2.45, 2.75) is 32.7 Å². The summed E-state index contributed by atoms with van der Waals surface area (Å²) < 4.78 is 1.06. The number of thiophene rings is 1. The maximum Gasteiger partial charge on any atom is 0.227 e. The fraction of sp³-hybridized carbons (Fsp3) is 0.615. The molecule has 110 valence electrons. The number of carbonyl (C=O) groups is 1. The first kappa shape index (κ1) is 18.9. The number of amides is 1. The van der Waals surface area contributed by atoms with E-state index in [-0.39, 0.29) is 24.4 Å². The summed E-state index contributed by atoms with van der Waals surface area (Å²) in [7, 11) is 1.85. The molecule has 0 saturated heterocycles. The Labute approximate surface area is 134 Å². The van der Waals surface area contributed by atoms with Crippen molar-refractivity contribution in [1.29, 1.82) is 0 Å². The highest BCUT2D eigenvalue weighted by Gasteiger charge is 2.13. The number of hydrogen-bond donors (Lipinski definition) is 1. The molecule has 1 rings (SSSR count). The summed E-state index contributed by atoms with van der Waals surface area (Å²) >= 11 is 5.01. The molecule has 0 fully saturated rings. The summed E-state index contributed by atoms with van der Waals surface area (Å²) in [6.45, 7) is 4.94. The predicted molar refractivity (Wildman–Crippen MR) is 88.0 cm³/mol. The van der Waals surface area contributed by atoms with Crippen LogP contribution < -0.4 is 5.73 Å². The van der Waals surface area contributed by atoms with Crippen LogP contribution in [0.5, 0.6) is 0 Å². The van der Waals surface area contributed by atoms with Crippen LogP contribution in [0.4, 0.5) is 0 Å². The number of nitrogens with two attached hydrogens (primary N) is 1. The second-order valence-electron chi connectivity index (χ2n) is 4.89. The van der Waals surface area contributed by atoms with Crippen molar-refractivity contribution in [2.24, 2.45) is 11.7 Å². The summed E-state index contributed by atoms with van der Waals surface area (Å²) in [6.07, 6.45) is 1.33. The molecule has 3 nitrogen and oxygen atoms in total. The highest BCUT2D eigenvalue weighted by Crippen LogP contribution is 2.22. The third kappa shape index (κ3) is 6.75. The van der Waals surface area contributed by atoms with E-state index < -0.39 is 0 Å². The minimum absolute atomic E-state index is 0. The fourth-order valence-electron chi connectivity index (χ4n) is 1.53. The highest BCUT2D eigenvalue weighted by molar-refractivity contribution is 9.11. The minimum atomic E-state index is 0. The lowest BCUT2D eigenvalue weighted by molar-refractivity contribution is -0.129. The Balaban J connectivity index is 0.00000324. The van der Waals surface area contributed by atoms with Gasteiger partial charge in [-0.25, -0.2) is 0 Å². The van der Waals surface area contributed by atoms with E-state index in [1.165, 1.54) is 0 Å². The lowest BCUT2D eigenvalue weighted by atomic mass is 10.0. The molecule has 0 aliphatic carbocycles. The first-order chi connectivity index (χ1) is 8.40. The third-order valence-corrected chi connectivity index (χ3v) is 4.66. The lowest BCUT2D eigenvalue weighted by Gasteiger charge is -2.21. The quantitative estimate of drug-likeness (QED) is 0.836. The first-order valence-electron chi connectivity index (χ1n) is 6.14. The average Bonchev–Trinajstić information content (AvgIpc) is 2.70. The highest BCUT2D eigenvalue weighted by atomic mass is 79.9. The maximum absolute atomic E-state index is 12.0. The van der Waals surface area contributed by atoms with E-state index in [1.807, 2.05) is 19.2 Å². The molecule has 0 spiro atoms. The molecule has 0 aliphatic heterocycles. The summed E-state index contributed by atoms with van der Waals surface area (Å²) in [6, 6.07) is 4.12. The smallest absolute Gasteiger partial charge is 0.227 e. The zero-order valence-corrected chi connectivity index (χ0v) is 14.8. The number of carbonyl (C=O) groups excluding carboxylic acids is 1. The third-order valence-electron chi connectivity index (χ3n) is 3.03. The Morgan fingerprint density at radius 2 is 2.11 bits per heavy atom. The molecule has 0 aliphatic rings. The van der Waals surface area contributed by atoms with Gasteiger partial charge in [0.25, 0.3) is 0 Å². The Bertz CT molecular complexity index is 398. The van der Waals surface area contributed by atoms with Crippen molar-refractivity contribution < 1.29 is 4.79 Å². The largest absolute Gasteiger partial charge is 0.345 e. The van der Waals surface area contributed by atoms with Gasteiger partial charge in [-0.1, -0.05) is 13.8 Å². The van der Waals surface area contributed by atoms with Gasteiger partial charge in [0, 0.05) is 24.5 Å². The Kier molecular flexibility index (Phi) is 8.90. The maximum atomic E-state index is 12.0. The number of nitrogens with zero attached hydrogens (tertiary/aromatic N) is 1. The number of halogens is 2. The molecular weight excluding hydrogens is 348 g/mol. The van der Waals surface area contributed by atoms with Gasteiger partial charge >= 0.3 is 0 Å². The minimum Gasteiger partial charge on any atom is -0.345 e. The van der Waals surface area contributed by atoms with Crippen molar-refractivity contribution in [3.05, 3.63) is 20.8 Å². The van der Waals surface area contributed by atoms with Crippen molar-refractivity contribution in [3.63, 3.8) is 0 Å². The molecular formula is C13H22BrClN2OS. The molecule has 1 unspecified atom stereocenters. The van der Waals surface area contributed by atoms with Crippen LogP contribution >= 0.6 is 39.7 Å². The number of rotatable bonds is 6. The van der Waals surface area contributed by atoms with Crippen LogP contribution in [-0.2, 0) is 11.2 Å². The van der Waals surface area contributed by atoms with Crippen LogP contribution in [0.3, 0.4) is 0 Å². The Hall–Kier alpha value is -0.100. The standard InChI is InChI=1S/C13H21BrN2OS.ClH/c1-9(2)11(15)6-7-16(3)13(17)8-10-4-5-12(14)18-10;/h4-5,9,11H,6-8,15H2,1-3H3;1H. The molecule has 0 saturated carbocycles. The van der Waals surface area contributed by atoms with Crippen molar-refractivity contribution in [2.75, 3.05) is 13.6 Å². The molecule has 1 atom stereocenters.